The van der Waals surface area contributed by atoms with Crippen molar-refractivity contribution in [1.29, 1.82) is 0 Å². The maximum absolute atomic E-state index is 12.9. The maximum atomic E-state index is 12.9. The first-order valence-electron chi connectivity index (χ1n) is 10.8. The van der Waals surface area contributed by atoms with Crippen LogP contribution < -0.4 is 4.72 Å². The molecule has 4 rings (SSSR count). The highest BCUT2D eigenvalue weighted by Crippen LogP contribution is 2.32. The Morgan fingerprint density at radius 3 is 2.53 bits per heavy atom. The second kappa shape index (κ2) is 8.86. The van der Waals surface area contributed by atoms with E-state index in [4.69, 9.17) is 4.98 Å². The van der Waals surface area contributed by atoms with E-state index in [1.54, 1.807) is 18.3 Å². The molecule has 2 heterocycles. The van der Waals surface area contributed by atoms with Gasteiger partial charge in [0, 0.05) is 12.2 Å². The van der Waals surface area contributed by atoms with Gasteiger partial charge >= 0.3 is 0 Å². The lowest BCUT2D eigenvalue weighted by molar-refractivity contribution is 0.350. The molecule has 2 aromatic heterocycles. The topological polar surface area (TPSA) is 76.9 Å². The first kappa shape index (κ1) is 21.0. The predicted molar refractivity (Wildman–Crippen MR) is 119 cm³/mol. The number of imidazole rings is 1. The molecule has 160 valence electrons. The number of nitrogens with zero attached hydrogens (tertiary/aromatic N) is 3. The Labute approximate surface area is 178 Å². The zero-order valence-electron chi connectivity index (χ0n) is 17.7. The van der Waals surface area contributed by atoms with Crippen molar-refractivity contribution in [3.8, 4) is 0 Å². The summed E-state index contributed by atoms with van der Waals surface area (Å²) in [6.07, 6.45) is 8.50. The fourth-order valence-corrected chi connectivity index (χ4v) is 5.32. The van der Waals surface area contributed by atoms with Crippen LogP contribution in [0, 0.1) is 5.92 Å². The van der Waals surface area contributed by atoms with E-state index in [2.05, 4.69) is 28.1 Å². The predicted octanol–water partition coefficient (Wildman–Crippen LogP) is 4.61. The molecule has 1 saturated carbocycles. The van der Waals surface area contributed by atoms with Crippen LogP contribution in [0.5, 0.6) is 0 Å². The van der Waals surface area contributed by atoms with Gasteiger partial charge in [0.05, 0.1) is 11.4 Å². The summed E-state index contributed by atoms with van der Waals surface area (Å²) in [5, 5.41) is 0. The summed E-state index contributed by atoms with van der Waals surface area (Å²) in [6.45, 7) is 4.46. The van der Waals surface area contributed by atoms with E-state index < -0.39 is 10.0 Å². The molecular weight excluding hydrogens is 396 g/mol. The van der Waals surface area contributed by atoms with E-state index >= 15 is 0 Å². The van der Waals surface area contributed by atoms with Gasteiger partial charge in [0.15, 0.2) is 5.65 Å². The Bertz CT molecular complexity index is 1100. The summed E-state index contributed by atoms with van der Waals surface area (Å²) in [5.74, 6) is 1.27. The van der Waals surface area contributed by atoms with E-state index in [9.17, 15) is 8.42 Å². The Morgan fingerprint density at radius 1 is 1.10 bits per heavy atom. The molecule has 1 aromatic carbocycles. The van der Waals surface area contributed by atoms with Gasteiger partial charge in [0.1, 0.15) is 11.3 Å². The molecule has 7 heteroatoms. The monoisotopic (exact) mass is 426 g/mol. The molecule has 0 aliphatic heterocycles. The maximum Gasteiger partial charge on any atom is 0.240 e. The van der Waals surface area contributed by atoms with Gasteiger partial charge in [-0.2, -0.15) is 0 Å². The third kappa shape index (κ3) is 4.57. The first-order chi connectivity index (χ1) is 14.4. The Kier molecular flexibility index (Phi) is 6.20. The molecule has 1 aliphatic carbocycles. The smallest absolute Gasteiger partial charge is 0.240 e. The zero-order chi connectivity index (χ0) is 21.1. The molecule has 0 atom stereocenters. The lowest BCUT2D eigenvalue weighted by atomic mass is 9.95. The SMILES string of the molecule is CC(C)Cc1ccc(S(=O)(=O)NCc2nc3cccnc3n2C2CCCCC2)cc1. The summed E-state index contributed by atoms with van der Waals surface area (Å²) in [6, 6.07) is 11.3. The van der Waals surface area contributed by atoms with Gasteiger partial charge in [-0.3, -0.25) is 0 Å². The molecule has 0 spiro atoms. The number of fused-ring (bicyclic) bond motifs is 1. The third-order valence-electron chi connectivity index (χ3n) is 5.76. The van der Waals surface area contributed by atoms with Crippen LogP contribution in [0.4, 0.5) is 0 Å². The molecule has 6 nitrogen and oxygen atoms in total. The largest absolute Gasteiger partial charge is 0.308 e. The minimum atomic E-state index is -3.61. The fourth-order valence-electron chi connectivity index (χ4n) is 4.34. The van der Waals surface area contributed by atoms with Crippen LogP contribution in [-0.4, -0.2) is 23.0 Å². The average molecular weight is 427 g/mol. The number of nitrogens with one attached hydrogen (secondary N) is 1. The van der Waals surface area contributed by atoms with Crippen molar-refractivity contribution >= 4 is 21.2 Å². The summed E-state index contributed by atoms with van der Waals surface area (Å²) >= 11 is 0. The first-order valence-corrected chi connectivity index (χ1v) is 12.3. The van der Waals surface area contributed by atoms with Gasteiger partial charge < -0.3 is 4.57 Å². The molecule has 1 aliphatic rings. The van der Waals surface area contributed by atoms with Crippen molar-refractivity contribution in [2.75, 3.05) is 0 Å². The number of aromatic nitrogens is 3. The molecule has 1 N–H and O–H groups in total. The highest BCUT2D eigenvalue weighted by atomic mass is 32.2. The summed E-state index contributed by atoms with van der Waals surface area (Å²) in [4.78, 5) is 9.53. The Hall–Kier alpha value is -2.25. The normalized spacial score (nSPS) is 15.8. The summed E-state index contributed by atoms with van der Waals surface area (Å²) < 4.78 is 30.7. The fraction of sp³-hybridized carbons (Fsp3) is 0.478. The van der Waals surface area contributed by atoms with Crippen molar-refractivity contribution in [3.63, 3.8) is 0 Å². The molecule has 30 heavy (non-hydrogen) atoms. The van der Waals surface area contributed by atoms with Gasteiger partial charge in [0.25, 0.3) is 0 Å². The molecule has 0 saturated heterocycles. The molecule has 3 aromatic rings. The number of pyridine rings is 1. The molecule has 0 unspecified atom stereocenters. The van der Waals surface area contributed by atoms with Crippen molar-refractivity contribution in [2.45, 2.75) is 69.9 Å². The van der Waals surface area contributed by atoms with Crippen LogP contribution in [0.1, 0.15) is 63.4 Å². The van der Waals surface area contributed by atoms with Crippen LogP contribution in [-0.2, 0) is 23.0 Å². The molecule has 1 fully saturated rings. The highest BCUT2D eigenvalue weighted by Gasteiger charge is 2.23. The van der Waals surface area contributed by atoms with Gasteiger partial charge in [-0.1, -0.05) is 45.2 Å². The van der Waals surface area contributed by atoms with Crippen molar-refractivity contribution in [3.05, 3.63) is 54.0 Å². The van der Waals surface area contributed by atoms with Gasteiger partial charge in [-0.15, -0.1) is 0 Å². The Balaban J connectivity index is 1.56. The highest BCUT2D eigenvalue weighted by molar-refractivity contribution is 7.89. The second-order valence-corrected chi connectivity index (χ2v) is 10.4. The zero-order valence-corrected chi connectivity index (χ0v) is 18.5. The molecule has 0 radical (unpaired) electrons. The minimum absolute atomic E-state index is 0.156. The minimum Gasteiger partial charge on any atom is -0.308 e. The number of sulfonamides is 1. The molecular formula is C23H30N4O2S. The second-order valence-electron chi connectivity index (χ2n) is 8.60. The van der Waals surface area contributed by atoms with E-state index in [1.807, 2.05) is 24.3 Å². The van der Waals surface area contributed by atoms with Crippen LogP contribution in [0.15, 0.2) is 47.5 Å². The third-order valence-corrected chi connectivity index (χ3v) is 7.18. The van der Waals surface area contributed by atoms with Crippen LogP contribution in [0.25, 0.3) is 11.2 Å². The van der Waals surface area contributed by atoms with Crippen molar-refractivity contribution < 1.29 is 8.42 Å². The Morgan fingerprint density at radius 2 is 1.83 bits per heavy atom. The lowest BCUT2D eigenvalue weighted by Crippen LogP contribution is -2.26. The van der Waals surface area contributed by atoms with Crippen LogP contribution in [0.3, 0.4) is 0 Å². The number of rotatable bonds is 7. The van der Waals surface area contributed by atoms with Crippen molar-refractivity contribution in [1.82, 2.24) is 19.3 Å². The average Bonchev–Trinajstić information content (AvgIpc) is 3.11. The van der Waals surface area contributed by atoms with Crippen LogP contribution in [0.2, 0.25) is 0 Å². The van der Waals surface area contributed by atoms with E-state index in [-0.39, 0.29) is 11.4 Å². The van der Waals surface area contributed by atoms with Crippen LogP contribution >= 0.6 is 0 Å². The quantitative estimate of drug-likeness (QED) is 0.598. The standard InChI is InChI=1S/C23H30N4O2S/c1-17(2)15-18-10-12-20(13-11-18)30(28,29)25-16-22-26-21-9-6-14-24-23(21)27(22)19-7-4-3-5-8-19/h6,9-14,17,19,25H,3-5,7-8,15-16H2,1-2H3. The van der Waals surface area contributed by atoms with Crippen molar-refractivity contribution in [2.24, 2.45) is 5.92 Å². The van der Waals surface area contributed by atoms with Gasteiger partial charge in [-0.05, 0) is 55.0 Å². The molecule has 0 amide bonds. The number of benzene rings is 1. The number of hydrogen-bond acceptors (Lipinski definition) is 4. The summed E-state index contributed by atoms with van der Waals surface area (Å²) in [5.41, 5.74) is 2.81. The lowest BCUT2D eigenvalue weighted by Gasteiger charge is -2.25. The van der Waals surface area contributed by atoms with E-state index in [1.165, 1.54) is 19.3 Å². The van der Waals surface area contributed by atoms with Gasteiger partial charge in [0.2, 0.25) is 10.0 Å². The number of hydrogen-bond donors (Lipinski definition) is 1. The van der Waals surface area contributed by atoms with Gasteiger partial charge in [-0.25, -0.2) is 23.1 Å². The van der Waals surface area contributed by atoms with E-state index in [0.717, 1.165) is 41.8 Å². The van der Waals surface area contributed by atoms with E-state index in [0.29, 0.717) is 12.0 Å². The summed E-state index contributed by atoms with van der Waals surface area (Å²) in [7, 11) is -3.61. The molecule has 0 bridgehead atoms.